The standard InChI is InChI=1S/C15H6BrCl6NO2/c16-5-1-3-6(4-2-5)23-11(24)7-8(12(23)25)14(20)10(18)9(17)13(7,19)15(14,21)22/h1-4,7-8H/t7-,8-,13-,14-/m1/s1. The van der Waals surface area contributed by atoms with E-state index < -0.39 is 37.7 Å². The minimum atomic E-state index is -1.91. The second-order valence-corrected chi connectivity index (χ2v) is 10.3. The molecule has 2 bridgehead atoms. The van der Waals surface area contributed by atoms with Gasteiger partial charge in [-0.05, 0) is 24.3 Å². The molecule has 3 nitrogen and oxygen atoms in total. The van der Waals surface area contributed by atoms with Crippen LogP contribution in [0.4, 0.5) is 5.69 Å². The van der Waals surface area contributed by atoms with Gasteiger partial charge in [0.15, 0.2) is 4.33 Å². The minimum absolute atomic E-state index is 0.101. The molecule has 1 saturated heterocycles. The van der Waals surface area contributed by atoms with Gasteiger partial charge in [-0.1, -0.05) is 62.3 Å². The van der Waals surface area contributed by atoms with Gasteiger partial charge in [0.05, 0.1) is 27.6 Å². The van der Waals surface area contributed by atoms with Crippen LogP contribution >= 0.6 is 85.5 Å². The highest BCUT2D eigenvalue weighted by molar-refractivity contribution is 9.10. The van der Waals surface area contributed by atoms with Gasteiger partial charge in [0.1, 0.15) is 9.75 Å². The summed E-state index contributed by atoms with van der Waals surface area (Å²) in [6.45, 7) is 0. The third-order valence-corrected chi connectivity index (χ3v) is 9.78. The second-order valence-electron chi connectivity index (χ2n) is 6.07. The fourth-order valence-electron chi connectivity index (χ4n) is 3.84. The Bertz CT molecular complexity index is 825. The number of hydrogen-bond acceptors (Lipinski definition) is 2. The van der Waals surface area contributed by atoms with Gasteiger partial charge in [-0.3, -0.25) is 9.59 Å². The number of carbonyl (C=O) groups excluding carboxylic acids is 2. The van der Waals surface area contributed by atoms with E-state index in [1.54, 1.807) is 24.3 Å². The Kier molecular flexibility index (Phi) is 4.06. The third-order valence-electron chi connectivity index (χ3n) is 4.99. The van der Waals surface area contributed by atoms with Crippen LogP contribution in [0.3, 0.4) is 0 Å². The smallest absolute Gasteiger partial charge is 0.240 e. The third kappa shape index (κ3) is 1.88. The summed E-state index contributed by atoms with van der Waals surface area (Å²) >= 11 is 41.9. The van der Waals surface area contributed by atoms with E-state index in [0.717, 1.165) is 9.37 Å². The number of rotatable bonds is 1. The van der Waals surface area contributed by atoms with Crippen molar-refractivity contribution in [3.63, 3.8) is 0 Å². The molecule has 2 aliphatic carbocycles. The molecule has 0 aromatic heterocycles. The van der Waals surface area contributed by atoms with Crippen molar-refractivity contribution in [2.24, 2.45) is 11.8 Å². The number of amides is 2. The number of carbonyl (C=O) groups is 2. The van der Waals surface area contributed by atoms with E-state index in [4.69, 9.17) is 69.6 Å². The summed E-state index contributed by atoms with van der Waals surface area (Å²) < 4.78 is -1.12. The van der Waals surface area contributed by atoms with Crippen LogP contribution in [0.25, 0.3) is 0 Å². The Hall–Kier alpha value is 0.320. The summed E-state index contributed by atoms with van der Waals surface area (Å²) in [4.78, 5) is 23.6. The molecule has 1 aromatic rings. The van der Waals surface area contributed by atoms with Gasteiger partial charge in [0, 0.05) is 4.47 Å². The molecule has 0 radical (unpaired) electrons. The number of hydrogen-bond donors (Lipinski definition) is 0. The van der Waals surface area contributed by atoms with E-state index in [1.807, 2.05) is 0 Å². The highest BCUT2D eigenvalue weighted by atomic mass is 79.9. The van der Waals surface area contributed by atoms with Crippen molar-refractivity contribution in [1.29, 1.82) is 0 Å². The largest absolute Gasteiger partial charge is 0.274 e. The molecule has 25 heavy (non-hydrogen) atoms. The van der Waals surface area contributed by atoms with Crippen molar-refractivity contribution in [2.75, 3.05) is 4.90 Å². The molecule has 2 fully saturated rings. The number of fused-ring (bicyclic) bond motifs is 5. The molecule has 2 amide bonds. The first-order valence-corrected chi connectivity index (χ1v) is 10.0. The van der Waals surface area contributed by atoms with Crippen molar-refractivity contribution in [3.8, 4) is 0 Å². The summed E-state index contributed by atoms with van der Waals surface area (Å²) in [7, 11) is 0. The first kappa shape index (κ1) is 18.7. The summed E-state index contributed by atoms with van der Waals surface area (Å²) in [5, 5.41) is -0.202. The number of halogens is 7. The number of nitrogens with zero attached hydrogens (tertiary/aromatic N) is 1. The van der Waals surface area contributed by atoms with Crippen molar-refractivity contribution >= 4 is 103 Å². The molecular formula is C15H6BrCl6NO2. The van der Waals surface area contributed by atoms with Gasteiger partial charge in [-0.25, -0.2) is 4.90 Å². The van der Waals surface area contributed by atoms with Crippen LogP contribution in [-0.2, 0) is 9.59 Å². The number of allylic oxidation sites excluding steroid dienone is 2. The van der Waals surface area contributed by atoms with E-state index >= 15 is 0 Å². The van der Waals surface area contributed by atoms with Gasteiger partial charge >= 0.3 is 0 Å². The van der Waals surface area contributed by atoms with Gasteiger partial charge in [-0.15, -0.1) is 23.2 Å². The van der Waals surface area contributed by atoms with E-state index in [9.17, 15) is 9.59 Å². The number of imide groups is 1. The maximum atomic E-state index is 13.1. The zero-order valence-electron chi connectivity index (χ0n) is 11.9. The zero-order valence-corrected chi connectivity index (χ0v) is 18.0. The first-order chi connectivity index (χ1) is 11.5. The van der Waals surface area contributed by atoms with Crippen LogP contribution in [0.2, 0.25) is 0 Å². The maximum Gasteiger partial charge on any atom is 0.240 e. The van der Waals surface area contributed by atoms with Crippen LogP contribution in [-0.4, -0.2) is 25.9 Å². The fraction of sp³-hybridized carbons (Fsp3) is 0.333. The molecule has 0 spiro atoms. The Morgan fingerprint density at radius 1 is 0.840 bits per heavy atom. The van der Waals surface area contributed by atoms with Crippen LogP contribution in [0.5, 0.6) is 0 Å². The molecule has 1 saturated carbocycles. The Balaban J connectivity index is 1.90. The predicted octanol–water partition coefficient (Wildman–Crippen LogP) is 5.40. The van der Waals surface area contributed by atoms with E-state index in [-0.39, 0.29) is 10.1 Å². The zero-order chi connectivity index (χ0) is 18.5. The molecular weight excluding hydrogens is 519 g/mol. The molecule has 1 aromatic carbocycles. The SMILES string of the molecule is O=C1[C@H]2[C@H](C(=O)N1c1ccc(Br)cc1)[C@@]1(Cl)C(Cl)=C(Cl)[C@@]2(Cl)C1(Cl)Cl. The lowest BCUT2D eigenvalue weighted by Crippen LogP contribution is -2.50. The molecule has 0 N–H and O–H groups in total. The first-order valence-electron chi connectivity index (χ1n) is 6.96. The Morgan fingerprint density at radius 3 is 1.64 bits per heavy atom. The van der Waals surface area contributed by atoms with E-state index in [2.05, 4.69) is 15.9 Å². The summed E-state index contributed by atoms with van der Waals surface area (Å²) in [6, 6.07) is 6.65. The predicted molar refractivity (Wildman–Crippen MR) is 104 cm³/mol. The number of alkyl halides is 4. The lowest BCUT2D eigenvalue weighted by molar-refractivity contribution is -0.123. The van der Waals surface area contributed by atoms with Crippen LogP contribution < -0.4 is 4.90 Å². The molecule has 132 valence electrons. The average molecular weight is 525 g/mol. The maximum absolute atomic E-state index is 13.1. The highest BCUT2D eigenvalue weighted by Crippen LogP contribution is 2.77. The summed E-state index contributed by atoms with van der Waals surface area (Å²) in [5.74, 6) is -3.37. The van der Waals surface area contributed by atoms with Crippen LogP contribution in [0, 0.1) is 11.8 Å². The molecule has 1 aliphatic heterocycles. The lowest BCUT2D eigenvalue weighted by atomic mass is 9.84. The minimum Gasteiger partial charge on any atom is -0.274 e. The van der Waals surface area contributed by atoms with Gasteiger partial charge in [-0.2, -0.15) is 0 Å². The van der Waals surface area contributed by atoms with Gasteiger partial charge < -0.3 is 0 Å². The van der Waals surface area contributed by atoms with Crippen molar-refractivity contribution in [2.45, 2.75) is 14.1 Å². The Labute approximate surface area is 181 Å². The normalized spacial score (nSPS) is 38.8. The van der Waals surface area contributed by atoms with Crippen molar-refractivity contribution in [1.82, 2.24) is 0 Å². The summed E-state index contributed by atoms with van der Waals surface area (Å²) in [6.07, 6.45) is 0. The van der Waals surface area contributed by atoms with Gasteiger partial charge in [0.25, 0.3) is 0 Å². The van der Waals surface area contributed by atoms with E-state index in [0.29, 0.717) is 5.69 Å². The average Bonchev–Trinajstić information content (AvgIpc) is 2.94. The molecule has 4 rings (SSSR count). The Morgan fingerprint density at radius 2 is 1.24 bits per heavy atom. The van der Waals surface area contributed by atoms with Gasteiger partial charge in [0.2, 0.25) is 11.8 Å². The lowest BCUT2D eigenvalue weighted by Gasteiger charge is -2.34. The summed E-state index contributed by atoms with van der Waals surface area (Å²) in [5.41, 5.74) is 0.384. The van der Waals surface area contributed by atoms with E-state index in [1.165, 1.54) is 0 Å². The highest BCUT2D eigenvalue weighted by Gasteiger charge is 2.87. The molecule has 3 aliphatic rings. The molecule has 10 heteroatoms. The van der Waals surface area contributed by atoms with Crippen LogP contribution in [0.1, 0.15) is 0 Å². The van der Waals surface area contributed by atoms with Crippen molar-refractivity contribution < 1.29 is 9.59 Å². The molecule has 4 atom stereocenters. The molecule has 1 heterocycles. The van der Waals surface area contributed by atoms with Crippen LogP contribution in [0.15, 0.2) is 38.8 Å². The van der Waals surface area contributed by atoms with Crippen molar-refractivity contribution in [3.05, 3.63) is 38.8 Å². The monoisotopic (exact) mass is 521 g/mol. The quantitative estimate of drug-likeness (QED) is 0.364. The second kappa shape index (κ2) is 5.44. The number of benzene rings is 1. The number of anilines is 1. The fourth-order valence-corrected chi connectivity index (χ4v) is 7.03. The molecule has 0 unspecified atom stereocenters. The topological polar surface area (TPSA) is 37.4 Å².